The first-order valence-corrected chi connectivity index (χ1v) is 4.47. The molecule has 0 aromatic carbocycles. The molecule has 1 fully saturated rings. The fourth-order valence-electron chi connectivity index (χ4n) is 2.46. The van der Waals surface area contributed by atoms with Crippen LogP contribution in [0.5, 0.6) is 0 Å². The number of hydrogen-bond donors (Lipinski definition) is 1. The Labute approximate surface area is 72.3 Å². The summed E-state index contributed by atoms with van der Waals surface area (Å²) in [4.78, 5) is 10.7. The van der Waals surface area contributed by atoms with E-state index in [1.165, 1.54) is 0 Å². The number of carbonyl (C=O) groups is 1. The van der Waals surface area contributed by atoms with Crippen molar-refractivity contribution >= 4 is 5.97 Å². The second-order valence-corrected chi connectivity index (χ2v) is 4.49. The molecule has 0 amide bonds. The molecular weight excluding hydrogens is 152 g/mol. The van der Waals surface area contributed by atoms with E-state index < -0.39 is 5.97 Å². The predicted molar refractivity (Wildman–Crippen MR) is 45.7 cm³/mol. The number of carboxylic acids is 1. The van der Waals surface area contributed by atoms with Gasteiger partial charge in [-0.2, -0.15) is 0 Å². The Morgan fingerprint density at radius 2 is 2.33 bits per heavy atom. The molecule has 1 N–H and O–H groups in total. The maximum absolute atomic E-state index is 10.7. The molecule has 2 heteroatoms. The topological polar surface area (TPSA) is 37.3 Å². The highest BCUT2D eigenvalue weighted by molar-refractivity contribution is 5.87. The molecule has 2 unspecified atom stereocenters. The third-order valence-corrected chi connectivity index (χ3v) is 3.52. The minimum atomic E-state index is -0.726. The van der Waals surface area contributed by atoms with Gasteiger partial charge >= 0.3 is 5.97 Å². The van der Waals surface area contributed by atoms with Gasteiger partial charge in [0.15, 0.2) is 0 Å². The lowest BCUT2D eigenvalue weighted by Gasteiger charge is -2.06. The van der Waals surface area contributed by atoms with Crippen molar-refractivity contribution in [3.63, 3.8) is 0 Å². The van der Waals surface area contributed by atoms with Crippen LogP contribution >= 0.6 is 0 Å². The molecule has 12 heavy (non-hydrogen) atoms. The van der Waals surface area contributed by atoms with Gasteiger partial charge in [0.2, 0.25) is 0 Å². The molecule has 0 spiro atoms. The van der Waals surface area contributed by atoms with Crippen LogP contribution in [-0.4, -0.2) is 11.1 Å². The molecule has 2 atom stereocenters. The van der Waals surface area contributed by atoms with E-state index in [2.05, 4.69) is 13.8 Å². The summed E-state index contributed by atoms with van der Waals surface area (Å²) in [7, 11) is 0. The van der Waals surface area contributed by atoms with Crippen molar-refractivity contribution in [1.82, 2.24) is 0 Å². The van der Waals surface area contributed by atoms with Crippen molar-refractivity contribution in [3.05, 3.63) is 11.6 Å². The van der Waals surface area contributed by atoms with Gasteiger partial charge in [0, 0.05) is 5.57 Å². The summed E-state index contributed by atoms with van der Waals surface area (Å²) >= 11 is 0. The minimum absolute atomic E-state index is 0.372. The molecule has 0 bridgehead atoms. The van der Waals surface area contributed by atoms with Crippen molar-refractivity contribution < 1.29 is 9.90 Å². The van der Waals surface area contributed by atoms with E-state index in [0.29, 0.717) is 16.9 Å². The predicted octanol–water partition coefficient (Wildman–Crippen LogP) is 2.06. The van der Waals surface area contributed by atoms with E-state index in [0.717, 1.165) is 18.8 Å². The molecule has 2 nitrogen and oxygen atoms in total. The Morgan fingerprint density at radius 1 is 1.67 bits per heavy atom. The summed E-state index contributed by atoms with van der Waals surface area (Å²) in [6.07, 6.45) is 3.80. The van der Waals surface area contributed by atoms with Gasteiger partial charge in [-0.1, -0.05) is 19.9 Å². The Balaban J connectivity index is 2.19. The molecular formula is C10H14O2. The van der Waals surface area contributed by atoms with Crippen molar-refractivity contribution in [1.29, 1.82) is 0 Å². The van der Waals surface area contributed by atoms with E-state index in [1.54, 1.807) is 0 Å². The van der Waals surface area contributed by atoms with E-state index in [-0.39, 0.29) is 0 Å². The van der Waals surface area contributed by atoms with Crippen LogP contribution in [0.4, 0.5) is 0 Å². The summed E-state index contributed by atoms with van der Waals surface area (Å²) in [5, 5.41) is 8.78. The van der Waals surface area contributed by atoms with Crippen molar-refractivity contribution in [2.45, 2.75) is 26.7 Å². The molecule has 0 aromatic heterocycles. The van der Waals surface area contributed by atoms with Gasteiger partial charge in [0.1, 0.15) is 0 Å². The average molecular weight is 166 g/mol. The zero-order valence-corrected chi connectivity index (χ0v) is 7.50. The van der Waals surface area contributed by atoms with Gasteiger partial charge in [-0.05, 0) is 30.1 Å². The summed E-state index contributed by atoms with van der Waals surface area (Å²) in [6, 6.07) is 0. The molecule has 2 aliphatic rings. The number of hydrogen-bond acceptors (Lipinski definition) is 1. The van der Waals surface area contributed by atoms with Gasteiger partial charge in [-0.25, -0.2) is 4.79 Å². The fourth-order valence-corrected chi connectivity index (χ4v) is 2.46. The number of allylic oxidation sites excluding steroid dienone is 1. The first-order valence-electron chi connectivity index (χ1n) is 4.47. The number of fused-ring (bicyclic) bond motifs is 1. The smallest absolute Gasteiger partial charge is 0.331 e. The monoisotopic (exact) mass is 166 g/mol. The molecule has 2 aliphatic carbocycles. The van der Waals surface area contributed by atoms with Crippen molar-refractivity contribution in [2.24, 2.45) is 17.3 Å². The number of aliphatic carboxylic acids is 1. The normalized spacial score (nSPS) is 36.7. The summed E-state index contributed by atoms with van der Waals surface area (Å²) in [5.41, 5.74) is 0.999. The second kappa shape index (κ2) is 2.12. The van der Waals surface area contributed by atoms with Crippen LogP contribution in [0.15, 0.2) is 11.6 Å². The first kappa shape index (κ1) is 7.84. The molecule has 0 aliphatic heterocycles. The van der Waals surface area contributed by atoms with Crippen LogP contribution in [0.2, 0.25) is 0 Å². The van der Waals surface area contributed by atoms with Crippen LogP contribution in [0.25, 0.3) is 0 Å². The quantitative estimate of drug-likeness (QED) is 0.647. The maximum atomic E-state index is 10.7. The Kier molecular flexibility index (Phi) is 1.39. The lowest BCUT2D eigenvalue weighted by molar-refractivity contribution is -0.132. The zero-order valence-electron chi connectivity index (χ0n) is 7.50. The number of carboxylic acid groups (broad SMARTS) is 1. The first-order chi connectivity index (χ1) is 5.53. The lowest BCUT2D eigenvalue weighted by atomic mass is 10.00. The van der Waals surface area contributed by atoms with Crippen LogP contribution in [0.1, 0.15) is 26.7 Å². The fraction of sp³-hybridized carbons (Fsp3) is 0.700. The Bertz CT molecular complexity index is 263. The molecule has 66 valence electrons. The highest BCUT2D eigenvalue weighted by atomic mass is 16.4. The zero-order chi connectivity index (χ0) is 8.93. The van der Waals surface area contributed by atoms with Crippen molar-refractivity contribution in [3.8, 4) is 0 Å². The van der Waals surface area contributed by atoms with Crippen LogP contribution in [0, 0.1) is 17.3 Å². The van der Waals surface area contributed by atoms with Crippen LogP contribution in [-0.2, 0) is 4.79 Å². The van der Waals surface area contributed by atoms with E-state index >= 15 is 0 Å². The molecule has 1 saturated carbocycles. The molecule has 0 aromatic rings. The standard InChI is InChI=1S/C10H14O2/c1-10(2)7-4-3-6(9(11)12)5-8(7)10/h5,7-8H,3-4H2,1-2H3,(H,11,12). The minimum Gasteiger partial charge on any atom is -0.478 e. The summed E-state index contributed by atoms with van der Waals surface area (Å²) < 4.78 is 0. The number of rotatable bonds is 1. The van der Waals surface area contributed by atoms with Gasteiger partial charge < -0.3 is 5.11 Å². The second-order valence-electron chi connectivity index (χ2n) is 4.49. The van der Waals surface area contributed by atoms with Crippen LogP contribution in [0.3, 0.4) is 0 Å². The van der Waals surface area contributed by atoms with Crippen molar-refractivity contribution in [2.75, 3.05) is 0 Å². The summed E-state index contributed by atoms with van der Waals surface area (Å²) in [6.45, 7) is 4.45. The highest BCUT2D eigenvalue weighted by Crippen LogP contribution is 2.63. The third kappa shape index (κ3) is 0.904. The highest BCUT2D eigenvalue weighted by Gasteiger charge is 2.57. The van der Waals surface area contributed by atoms with Crippen LogP contribution < -0.4 is 0 Å². The van der Waals surface area contributed by atoms with E-state index in [4.69, 9.17) is 5.11 Å². The lowest BCUT2D eigenvalue weighted by Crippen LogP contribution is -2.04. The van der Waals surface area contributed by atoms with Gasteiger partial charge in [-0.15, -0.1) is 0 Å². The van der Waals surface area contributed by atoms with Gasteiger partial charge in [0.25, 0.3) is 0 Å². The largest absolute Gasteiger partial charge is 0.478 e. The van der Waals surface area contributed by atoms with E-state index in [1.807, 2.05) is 6.08 Å². The Hall–Kier alpha value is -0.790. The molecule has 2 rings (SSSR count). The average Bonchev–Trinajstić information content (AvgIpc) is 2.55. The third-order valence-electron chi connectivity index (χ3n) is 3.52. The van der Waals surface area contributed by atoms with E-state index in [9.17, 15) is 4.79 Å². The molecule has 0 saturated heterocycles. The Morgan fingerprint density at radius 3 is 2.83 bits per heavy atom. The maximum Gasteiger partial charge on any atom is 0.331 e. The van der Waals surface area contributed by atoms with Gasteiger partial charge in [-0.3, -0.25) is 0 Å². The molecule has 0 radical (unpaired) electrons. The van der Waals surface area contributed by atoms with Gasteiger partial charge in [0.05, 0.1) is 0 Å². The summed E-state index contributed by atoms with van der Waals surface area (Å²) in [5.74, 6) is 0.564. The SMILES string of the molecule is CC1(C)C2C=C(C(=O)O)CCC21. The molecule has 0 heterocycles.